The van der Waals surface area contributed by atoms with Crippen LogP contribution >= 0.6 is 11.6 Å². The van der Waals surface area contributed by atoms with Gasteiger partial charge < -0.3 is 20.9 Å². The van der Waals surface area contributed by atoms with Crippen molar-refractivity contribution in [3.8, 4) is 5.75 Å². The predicted molar refractivity (Wildman–Crippen MR) is 124 cm³/mol. The van der Waals surface area contributed by atoms with Crippen molar-refractivity contribution in [3.63, 3.8) is 0 Å². The van der Waals surface area contributed by atoms with Crippen LogP contribution in [-0.4, -0.2) is 43.0 Å². The van der Waals surface area contributed by atoms with Gasteiger partial charge in [-0.1, -0.05) is 18.5 Å². The molecule has 34 heavy (non-hydrogen) atoms. The Morgan fingerprint density at radius 1 is 1.35 bits per heavy atom. The quantitative estimate of drug-likeness (QED) is 0.461. The number of benzene rings is 1. The van der Waals surface area contributed by atoms with E-state index in [0.717, 1.165) is 0 Å². The Kier molecular flexibility index (Phi) is 5.89. The zero-order valence-corrected chi connectivity index (χ0v) is 19.9. The monoisotopic (exact) mass is 489 g/mol. The molecule has 180 valence electrons. The molecular weight excluding hydrogens is 465 g/mol. The number of halogens is 2. The fraction of sp³-hybridized carbons (Fsp3) is 0.391. The SMILES string of the molecule is Cc1nc(C(C)c2cc(Cl)c(F)c(C(=O)NC3(C(=O)O)CC3)c2OC(C)C)n2ccnc(N)c12. The van der Waals surface area contributed by atoms with E-state index >= 15 is 4.39 Å². The average molecular weight is 490 g/mol. The van der Waals surface area contributed by atoms with Gasteiger partial charge in [-0.15, -0.1) is 0 Å². The number of hydrogen-bond donors (Lipinski definition) is 3. The number of aromatic nitrogens is 3. The maximum absolute atomic E-state index is 15.2. The molecule has 1 fully saturated rings. The highest BCUT2D eigenvalue weighted by atomic mass is 35.5. The number of nitrogens with zero attached hydrogens (tertiary/aromatic N) is 3. The van der Waals surface area contributed by atoms with Gasteiger partial charge in [0.1, 0.15) is 34.0 Å². The smallest absolute Gasteiger partial charge is 0.329 e. The molecule has 1 aromatic carbocycles. The van der Waals surface area contributed by atoms with Crippen LogP contribution < -0.4 is 15.8 Å². The van der Waals surface area contributed by atoms with Gasteiger partial charge in [0.05, 0.1) is 16.8 Å². The van der Waals surface area contributed by atoms with E-state index in [-0.39, 0.29) is 23.6 Å². The second kappa shape index (κ2) is 8.43. The summed E-state index contributed by atoms with van der Waals surface area (Å²) in [6, 6.07) is 1.40. The third kappa shape index (κ3) is 3.91. The number of carbonyl (C=O) groups is 2. The summed E-state index contributed by atoms with van der Waals surface area (Å²) in [6.45, 7) is 7.10. The van der Waals surface area contributed by atoms with E-state index in [2.05, 4.69) is 15.3 Å². The number of ether oxygens (including phenoxy) is 1. The molecule has 1 unspecified atom stereocenters. The first kappa shape index (κ1) is 23.7. The first-order chi connectivity index (χ1) is 16.0. The molecule has 2 aromatic heterocycles. The molecule has 4 N–H and O–H groups in total. The Morgan fingerprint density at radius 3 is 2.62 bits per heavy atom. The lowest BCUT2D eigenvalue weighted by Gasteiger charge is -2.23. The molecule has 1 atom stereocenters. The van der Waals surface area contributed by atoms with E-state index < -0.39 is 40.8 Å². The summed E-state index contributed by atoms with van der Waals surface area (Å²) in [4.78, 5) is 33.5. The normalized spacial score (nSPS) is 15.4. The number of nitrogens with two attached hydrogens (primary N) is 1. The number of hydrogen-bond acceptors (Lipinski definition) is 6. The molecule has 3 aromatic rings. The number of nitrogens with one attached hydrogen (secondary N) is 1. The number of carboxylic acids is 1. The molecule has 0 bridgehead atoms. The highest BCUT2D eigenvalue weighted by Gasteiger charge is 2.52. The zero-order chi connectivity index (χ0) is 24.9. The Hall–Kier alpha value is -3.40. The van der Waals surface area contributed by atoms with Crippen molar-refractivity contribution < 1.29 is 23.8 Å². The lowest BCUT2D eigenvalue weighted by atomic mass is 9.95. The molecule has 0 aliphatic heterocycles. The summed E-state index contributed by atoms with van der Waals surface area (Å²) in [5.41, 5.74) is 5.91. The third-order valence-electron chi connectivity index (χ3n) is 5.93. The molecule has 1 aliphatic carbocycles. The fourth-order valence-corrected chi connectivity index (χ4v) is 4.24. The van der Waals surface area contributed by atoms with Crippen LogP contribution in [0.5, 0.6) is 5.75 Å². The molecule has 4 rings (SSSR count). The van der Waals surface area contributed by atoms with Crippen LogP contribution in [-0.2, 0) is 4.79 Å². The van der Waals surface area contributed by atoms with Gasteiger partial charge >= 0.3 is 5.97 Å². The van der Waals surface area contributed by atoms with Crippen LogP contribution in [0.1, 0.15) is 67.0 Å². The molecule has 0 radical (unpaired) electrons. The Labute approximate surface area is 200 Å². The Balaban J connectivity index is 1.89. The highest BCUT2D eigenvalue weighted by Crippen LogP contribution is 2.41. The van der Waals surface area contributed by atoms with Crippen molar-refractivity contribution in [1.29, 1.82) is 0 Å². The summed E-state index contributed by atoms with van der Waals surface area (Å²) < 4.78 is 23.0. The number of carbonyl (C=O) groups excluding carboxylic acids is 1. The molecule has 9 nitrogen and oxygen atoms in total. The molecular formula is C23H25ClFN5O4. The summed E-state index contributed by atoms with van der Waals surface area (Å²) >= 11 is 6.22. The average Bonchev–Trinajstić information content (AvgIpc) is 3.46. The lowest BCUT2D eigenvalue weighted by molar-refractivity contribution is -0.140. The van der Waals surface area contributed by atoms with Crippen LogP contribution in [0.15, 0.2) is 18.5 Å². The Bertz CT molecular complexity index is 1320. The number of imidazole rings is 1. The van der Waals surface area contributed by atoms with E-state index in [4.69, 9.17) is 22.1 Å². The number of aryl methyl sites for hydroxylation is 1. The summed E-state index contributed by atoms with van der Waals surface area (Å²) in [5, 5.41) is 11.6. The molecule has 0 saturated heterocycles. The van der Waals surface area contributed by atoms with E-state index in [0.29, 0.717) is 28.4 Å². The molecule has 1 amide bonds. The number of fused-ring (bicyclic) bond motifs is 1. The first-order valence-corrected chi connectivity index (χ1v) is 11.2. The van der Waals surface area contributed by atoms with Gasteiger partial charge in [0.25, 0.3) is 5.91 Å². The van der Waals surface area contributed by atoms with E-state index in [1.807, 2.05) is 6.92 Å². The predicted octanol–water partition coefficient (Wildman–Crippen LogP) is 3.70. The number of rotatable bonds is 7. The number of aliphatic carboxylic acids is 1. The molecule has 0 spiro atoms. The second-order valence-electron chi connectivity index (χ2n) is 8.78. The van der Waals surface area contributed by atoms with Gasteiger partial charge in [-0.3, -0.25) is 9.20 Å². The van der Waals surface area contributed by atoms with Crippen molar-refractivity contribution in [2.45, 2.75) is 58.1 Å². The maximum atomic E-state index is 15.2. The van der Waals surface area contributed by atoms with Crippen LogP contribution in [0.2, 0.25) is 5.02 Å². The van der Waals surface area contributed by atoms with Crippen molar-refractivity contribution in [2.75, 3.05) is 5.73 Å². The molecule has 11 heteroatoms. The van der Waals surface area contributed by atoms with Crippen molar-refractivity contribution in [3.05, 3.63) is 51.9 Å². The Morgan fingerprint density at radius 2 is 2.03 bits per heavy atom. The number of carboxylic acid groups (broad SMARTS) is 1. The first-order valence-electron chi connectivity index (χ1n) is 10.8. The van der Waals surface area contributed by atoms with Gasteiger partial charge in [0.15, 0.2) is 5.82 Å². The van der Waals surface area contributed by atoms with Crippen molar-refractivity contribution in [2.24, 2.45) is 0 Å². The minimum atomic E-state index is -1.41. The van der Waals surface area contributed by atoms with Gasteiger partial charge in [-0.05, 0) is 39.7 Å². The standard InChI is InChI=1S/C23H25ClFN5O4/c1-10(2)34-18-13(11(3)20-28-12(4)17-19(26)27-7-8-30(17)20)9-14(24)16(25)15(18)21(31)29-23(5-6-23)22(32)33/h7-11H,5-6H2,1-4H3,(H2,26,27)(H,29,31)(H,32,33). The number of nitrogen functional groups attached to an aromatic ring is 1. The topological polar surface area (TPSA) is 132 Å². The van der Waals surface area contributed by atoms with Crippen molar-refractivity contribution in [1.82, 2.24) is 19.7 Å². The summed E-state index contributed by atoms with van der Waals surface area (Å²) in [5.74, 6) is -2.70. The fourth-order valence-electron chi connectivity index (χ4n) is 4.03. The molecule has 1 aliphatic rings. The van der Waals surface area contributed by atoms with Gasteiger partial charge in [0.2, 0.25) is 0 Å². The zero-order valence-electron chi connectivity index (χ0n) is 19.1. The van der Waals surface area contributed by atoms with E-state index in [9.17, 15) is 14.7 Å². The van der Waals surface area contributed by atoms with Gasteiger partial charge in [0, 0.05) is 23.9 Å². The van der Waals surface area contributed by atoms with E-state index in [1.54, 1.807) is 37.6 Å². The van der Waals surface area contributed by atoms with Crippen LogP contribution in [0.4, 0.5) is 10.2 Å². The minimum absolute atomic E-state index is 0.0143. The van der Waals surface area contributed by atoms with Crippen molar-refractivity contribution >= 4 is 34.8 Å². The maximum Gasteiger partial charge on any atom is 0.329 e. The molecule has 1 saturated carbocycles. The lowest BCUT2D eigenvalue weighted by Crippen LogP contribution is -2.43. The number of anilines is 1. The summed E-state index contributed by atoms with van der Waals surface area (Å²) in [7, 11) is 0. The highest BCUT2D eigenvalue weighted by molar-refractivity contribution is 6.31. The summed E-state index contributed by atoms with van der Waals surface area (Å²) in [6.07, 6.45) is 3.36. The molecule has 2 heterocycles. The minimum Gasteiger partial charge on any atom is -0.490 e. The van der Waals surface area contributed by atoms with Crippen LogP contribution in [0.25, 0.3) is 5.52 Å². The van der Waals surface area contributed by atoms with E-state index in [1.165, 1.54) is 6.07 Å². The third-order valence-corrected chi connectivity index (χ3v) is 6.21. The van der Waals surface area contributed by atoms with Crippen LogP contribution in [0.3, 0.4) is 0 Å². The number of amides is 1. The van der Waals surface area contributed by atoms with Crippen LogP contribution in [0, 0.1) is 12.7 Å². The van der Waals surface area contributed by atoms with Gasteiger partial charge in [-0.25, -0.2) is 19.2 Å². The van der Waals surface area contributed by atoms with Gasteiger partial charge in [-0.2, -0.15) is 0 Å². The largest absolute Gasteiger partial charge is 0.490 e. The second-order valence-corrected chi connectivity index (χ2v) is 9.19.